The van der Waals surface area contributed by atoms with E-state index in [2.05, 4.69) is 5.32 Å². The van der Waals surface area contributed by atoms with Crippen molar-refractivity contribution in [2.24, 2.45) is 0 Å². The number of amides is 2. The molecule has 0 radical (unpaired) electrons. The van der Waals surface area contributed by atoms with Crippen LogP contribution >= 0.6 is 0 Å². The highest BCUT2D eigenvalue weighted by atomic mass is 32.2. The molecule has 188 valence electrons. The maximum atomic E-state index is 13.5. The maximum Gasteiger partial charge on any atom is 0.411 e. The molecule has 3 rings (SSSR count). The molecule has 2 amide bonds. The van der Waals surface area contributed by atoms with E-state index in [1.54, 1.807) is 31.2 Å². The van der Waals surface area contributed by atoms with Crippen LogP contribution in [0.1, 0.15) is 30.0 Å². The van der Waals surface area contributed by atoms with E-state index in [-0.39, 0.29) is 24.4 Å². The third-order valence-electron chi connectivity index (χ3n) is 5.55. The average Bonchev–Trinajstić information content (AvgIpc) is 2.82. The van der Waals surface area contributed by atoms with Gasteiger partial charge in [-0.15, -0.1) is 0 Å². The number of carbonyl (C=O) groups excluding carboxylic acids is 2. The summed E-state index contributed by atoms with van der Waals surface area (Å²) in [5, 5.41) is 12.0. The van der Waals surface area contributed by atoms with E-state index < -0.39 is 52.4 Å². The molecule has 2 unspecified atom stereocenters. The topological polar surface area (TPSA) is 133 Å². The molecule has 1 aliphatic heterocycles. The zero-order valence-electron chi connectivity index (χ0n) is 19.2. The first-order chi connectivity index (χ1) is 16.5. The van der Waals surface area contributed by atoms with Gasteiger partial charge < -0.3 is 15.2 Å². The third-order valence-corrected chi connectivity index (χ3v) is 7.42. The van der Waals surface area contributed by atoms with Crippen molar-refractivity contribution in [2.75, 3.05) is 20.2 Å². The van der Waals surface area contributed by atoms with Gasteiger partial charge in [0.15, 0.2) is 6.17 Å². The average molecular weight is 508 g/mol. The van der Waals surface area contributed by atoms with Crippen LogP contribution < -0.4 is 5.32 Å². The number of nitrogens with one attached hydrogen (secondary N) is 1. The minimum atomic E-state index is -4.34. The largest absolute Gasteiger partial charge is 0.481 e. The van der Waals surface area contributed by atoms with Crippen LogP contribution in [0.2, 0.25) is 0 Å². The summed E-state index contributed by atoms with van der Waals surface area (Å²) in [6, 6.07) is 9.96. The van der Waals surface area contributed by atoms with Gasteiger partial charge in [-0.3, -0.25) is 14.5 Å². The Bertz CT molecular complexity index is 1200. The molecule has 1 heterocycles. The van der Waals surface area contributed by atoms with Crippen LogP contribution in [0, 0.1) is 12.7 Å². The van der Waals surface area contributed by atoms with Gasteiger partial charge in [0.25, 0.3) is 5.91 Å². The molecule has 1 fully saturated rings. The Hall–Kier alpha value is -3.51. The first kappa shape index (κ1) is 26.1. The number of carboxylic acid groups (broad SMARTS) is 1. The maximum absolute atomic E-state index is 13.5. The van der Waals surface area contributed by atoms with Crippen molar-refractivity contribution in [3.8, 4) is 0 Å². The molecule has 2 atom stereocenters. The second-order valence-corrected chi connectivity index (χ2v) is 9.92. The van der Waals surface area contributed by atoms with E-state index >= 15 is 0 Å². The van der Waals surface area contributed by atoms with Gasteiger partial charge in [-0.25, -0.2) is 17.6 Å². The number of nitrogens with zero attached hydrogens (tertiary/aromatic N) is 2. The number of halogens is 1. The third kappa shape index (κ3) is 5.95. The van der Waals surface area contributed by atoms with Crippen LogP contribution in [-0.4, -0.2) is 67.1 Å². The standard InChI is InChI=1S/C23H26FN3O7S/c1-15-5-3-6-16(13-15)19(14-20(28)29)25-21(30)22-26(23(31)34-2)11-4-12-27(22)35(32,33)18-9-7-17(24)8-10-18/h3,5-10,13,19,22H,4,11-12,14H2,1-2H3,(H,25,30)(H,28,29). The van der Waals surface area contributed by atoms with Crippen molar-refractivity contribution in [1.82, 2.24) is 14.5 Å². The second kappa shape index (κ2) is 10.8. The Labute approximate surface area is 202 Å². The molecule has 0 spiro atoms. The molecular formula is C23H26FN3O7S. The fourth-order valence-electron chi connectivity index (χ4n) is 3.93. The van der Waals surface area contributed by atoms with E-state index in [0.717, 1.165) is 46.1 Å². The van der Waals surface area contributed by atoms with Gasteiger partial charge in [0.1, 0.15) is 5.82 Å². The predicted octanol–water partition coefficient (Wildman–Crippen LogP) is 2.26. The fraction of sp³-hybridized carbons (Fsp3) is 0.348. The van der Waals surface area contributed by atoms with Gasteiger partial charge in [-0.05, 0) is 43.2 Å². The molecule has 1 aliphatic rings. The summed E-state index contributed by atoms with van der Waals surface area (Å²) < 4.78 is 45.8. The lowest BCUT2D eigenvalue weighted by Crippen LogP contribution is -2.63. The Morgan fingerprint density at radius 1 is 1.17 bits per heavy atom. The minimum Gasteiger partial charge on any atom is -0.481 e. The lowest BCUT2D eigenvalue weighted by molar-refractivity contribution is -0.138. The Kier molecular flexibility index (Phi) is 8.07. The van der Waals surface area contributed by atoms with Gasteiger partial charge >= 0.3 is 12.1 Å². The Morgan fingerprint density at radius 2 is 1.86 bits per heavy atom. The highest BCUT2D eigenvalue weighted by Gasteiger charge is 2.45. The van der Waals surface area contributed by atoms with Crippen LogP contribution in [0.25, 0.3) is 0 Å². The van der Waals surface area contributed by atoms with Gasteiger partial charge in [0.2, 0.25) is 10.0 Å². The van der Waals surface area contributed by atoms with Crippen LogP contribution in [0.4, 0.5) is 9.18 Å². The van der Waals surface area contributed by atoms with Gasteiger partial charge in [-0.2, -0.15) is 4.31 Å². The molecule has 2 N–H and O–H groups in total. The normalized spacial score (nSPS) is 17.5. The van der Waals surface area contributed by atoms with E-state index in [0.29, 0.717) is 5.56 Å². The number of hydrogen-bond donors (Lipinski definition) is 2. The van der Waals surface area contributed by atoms with Crippen LogP contribution in [-0.2, 0) is 24.3 Å². The Balaban J connectivity index is 2.01. The molecular weight excluding hydrogens is 481 g/mol. The molecule has 12 heteroatoms. The number of sulfonamides is 1. The molecule has 35 heavy (non-hydrogen) atoms. The van der Waals surface area contributed by atoms with E-state index in [9.17, 15) is 32.3 Å². The molecule has 2 aromatic rings. The SMILES string of the molecule is COC(=O)N1CCCN(S(=O)(=O)c2ccc(F)cc2)C1C(=O)NC(CC(=O)O)c1cccc(C)c1. The summed E-state index contributed by atoms with van der Waals surface area (Å²) in [7, 11) is -3.24. The second-order valence-electron chi connectivity index (χ2n) is 8.03. The molecule has 2 aromatic carbocycles. The van der Waals surface area contributed by atoms with Crippen LogP contribution in [0.15, 0.2) is 53.4 Å². The number of hydrogen-bond acceptors (Lipinski definition) is 6. The van der Waals surface area contributed by atoms with Gasteiger partial charge in [0.05, 0.1) is 24.5 Å². The number of carbonyl (C=O) groups is 3. The molecule has 10 nitrogen and oxygen atoms in total. The summed E-state index contributed by atoms with van der Waals surface area (Å²) in [5.41, 5.74) is 1.34. The molecule has 0 saturated carbocycles. The van der Waals surface area contributed by atoms with Crippen LogP contribution in [0.3, 0.4) is 0 Å². The predicted molar refractivity (Wildman–Crippen MR) is 122 cm³/mol. The first-order valence-electron chi connectivity index (χ1n) is 10.8. The molecule has 1 saturated heterocycles. The van der Waals surface area contributed by atoms with Gasteiger partial charge in [-0.1, -0.05) is 29.8 Å². The highest BCUT2D eigenvalue weighted by molar-refractivity contribution is 7.89. The van der Waals surface area contributed by atoms with Crippen LogP contribution in [0.5, 0.6) is 0 Å². The number of aliphatic carboxylic acids is 1. The van der Waals surface area contributed by atoms with E-state index in [1.165, 1.54) is 0 Å². The number of carboxylic acids is 1. The van der Waals surface area contributed by atoms with E-state index in [4.69, 9.17) is 4.74 Å². The number of methoxy groups -OCH3 is 1. The monoisotopic (exact) mass is 507 g/mol. The molecule has 0 aromatic heterocycles. The lowest BCUT2D eigenvalue weighted by atomic mass is 10.0. The van der Waals surface area contributed by atoms with Crippen molar-refractivity contribution in [3.05, 3.63) is 65.5 Å². The number of benzene rings is 2. The van der Waals surface area contributed by atoms with Crippen molar-refractivity contribution >= 4 is 28.0 Å². The zero-order valence-corrected chi connectivity index (χ0v) is 20.0. The number of ether oxygens (including phenoxy) is 1. The summed E-state index contributed by atoms with van der Waals surface area (Å²) in [5.74, 6) is -2.71. The van der Waals surface area contributed by atoms with E-state index in [1.807, 2.05) is 0 Å². The number of aryl methyl sites for hydroxylation is 1. The fourth-order valence-corrected chi connectivity index (χ4v) is 5.52. The first-order valence-corrected chi connectivity index (χ1v) is 12.2. The molecule has 0 aliphatic carbocycles. The summed E-state index contributed by atoms with van der Waals surface area (Å²) in [4.78, 5) is 38.2. The number of rotatable bonds is 7. The Morgan fingerprint density at radius 3 is 2.46 bits per heavy atom. The quantitative estimate of drug-likeness (QED) is 0.587. The summed E-state index contributed by atoms with van der Waals surface area (Å²) in [6.45, 7) is 1.74. The highest BCUT2D eigenvalue weighted by Crippen LogP contribution is 2.26. The van der Waals surface area contributed by atoms with Crippen molar-refractivity contribution in [1.29, 1.82) is 0 Å². The van der Waals surface area contributed by atoms with Crippen molar-refractivity contribution < 1.29 is 37.0 Å². The van der Waals surface area contributed by atoms with Crippen molar-refractivity contribution in [3.63, 3.8) is 0 Å². The summed E-state index contributed by atoms with van der Waals surface area (Å²) in [6.07, 6.45) is -2.82. The lowest BCUT2D eigenvalue weighted by Gasteiger charge is -2.41. The molecule has 0 bridgehead atoms. The van der Waals surface area contributed by atoms with Gasteiger partial charge in [0, 0.05) is 13.1 Å². The minimum absolute atomic E-state index is 0.0360. The smallest absolute Gasteiger partial charge is 0.411 e. The summed E-state index contributed by atoms with van der Waals surface area (Å²) >= 11 is 0. The van der Waals surface area contributed by atoms with Crippen molar-refractivity contribution in [2.45, 2.75) is 36.9 Å². The zero-order chi connectivity index (χ0) is 25.8.